The third kappa shape index (κ3) is 5.99. The molecule has 4 aromatic carbocycles. The number of imide groups is 2. The van der Waals surface area contributed by atoms with Gasteiger partial charge in [0.1, 0.15) is 12.2 Å². The van der Waals surface area contributed by atoms with E-state index in [-0.39, 0.29) is 5.57 Å². The fourth-order valence-electron chi connectivity index (χ4n) is 4.81. The number of carbonyl (C=O) groups is 3. The molecule has 0 unspecified atom stereocenters. The van der Waals surface area contributed by atoms with Crippen LogP contribution in [0.5, 0.6) is 11.5 Å². The van der Waals surface area contributed by atoms with Crippen LogP contribution in [-0.2, 0) is 22.6 Å². The third-order valence-corrected chi connectivity index (χ3v) is 7.72. The number of rotatable bonds is 9. The maximum Gasteiger partial charge on any atom is 0.335 e. The van der Waals surface area contributed by atoms with E-state index in [1.54, 1.807) is 30.3 Å². The van der Waals surface area contributed by atoms with Crippen LogP contribution in [0.15, 0.2) is 95.5 Å². The van der Waals surface area contributed by atoms with E-state index in [4.69, 9.17) is 9.47 Å². The molecule has 0 aliphatic carbocycles. The number of barbiturate groups is 1. The molecule has 4 amide bonds. The van der Waals surface area contributed by atoms with Gasteiger partial charge in [0, 0.05) is 10.0 Å². The molecule has 5 rings (SSSR count). The number of nitrogens with zero attached hydrogens (tertiary/aromatic N) is 1. The Balaban J connectivity index is 1.49. The molecule has 1 aliphatic heterocycles. The second-order valence-electron chi connectivity index (χ2n) is 9.79. The van der Waals surface area contributed by atoms with E-state index in [1.807, 2.05) is 38.1 Å². The van der Waals surface area contributed by atoms with Gasteiger partial charge >= 0.3 is 6.03 Å². The van der Waals surface area contributed by atoms with Gasteiger partial charge in [-0.25, -0.2) is 9.69 Å². The van der Waals surface area contributed by atoms with Crippen molar-refractivity contribution in [1.29, 1.82) is 0 Å². The first-order valence-corrected chi connectivity index (χ1v) is 14.3. The number of hydrogen-bond donors (Lipinski definition) is 1. The van der Waals surface area contributed by atoms with Crippen LogP contribution in [-0.4, -0.2) is 24.5 Å². The minimum Gasteiger partial charge on any atom is -0.490 e. The van der Waals surface area contributed by atoms with Crippen molar-refractivity contribution >= 4 is 56.3 Å². The van der Waals surface area contributed by atoms with Gasteiger partial charge in [0.2, 0.25) is 0 Å². The lowest BCUT2D eigenvalue weighted by Crippen LogP contribution is -2.54. The van der Waals surface area contributed by atoms with Crippen LogP contribution in [0.1, 0.15) is 29.2 Å². The van der Waals surface area contributed by atoms with E-state index < -0.39 is 17.8 Å². The van der Waals surface area contributed by atoms with Crippen molar-refractivity contribution in [2.75, 3.05) is 11.5 Å². The zero-order chi connectivity index (χ0) is 29.8. The molecule has 1 aliphatic rings. The number of nitrogens with one attached hydrogen (secondary N) is 1. The molecule has 212 valence electrons. The molecule has 7 nitrogen and oxygen atoms in total. The Morgan fingerprint density at radius 2 is 1.74 bits per heavy atom. The van der Waals surface area contributed by atoms with E-state index in [0.717, 1.165) is 36.8 Å². The Kier molecular flexibility index (Phi) is 8.54. The molecule has 1 N–H and O–H groups in total. The molecule has 0 radical (unpaired) electrons. The minimum atomic E-state index is -0.802. The van der Waals surface area contributed by atoms with Crippen molar-refractivity contribution in [3.8, 4) is 11.5 Å². The van der Waals surface area contributed by atoms with Crippen molar-refractivity contribution in [3.63, 3.8) is 0 Å². The highest BCUT2D eigenvalue weighted by atomic mass is 79.9. The SMILES string of the molecule is C=CCc1cc(/C=C2\C(=O)NC(=O)N(c3ccc(Br)c(C)c3)C2=O)cc(OCC)c1OCc1ccc2ccccc2c1. The van der Waals surface area contributed by atoms with Crippen LogP contribution in [0.2, 0.25) is 0 Å². The monoisotopic (exact) mass is 624 g/mol. The lowest BCUT2D eigenvalue weighted by molar-refractivity contribution is -0.122. The molecular weight excluding hydrogens is 596 g/mol. The van der Waals surface area contributed by atoms with E-state index in [1.165, 1.54) is 6.08 Å². The first-order chi connectivity index (χ1) is 20.3. The van der Waals surface area contributed by atoms with Crippen molar-refractivity contribution in [1.82, 2.24) is 5.32 Å². The number of hydrogen-bond acceptors (Lipinski definition) is 5. The summed E-state index contributed by atoms with van der Waals surface area (Å²) in [5.41, 5.74) is 3.36. The Labute approximate surface area is 252 Å². The number of benzene rings is 4. The topological polar surface area (TPSA) is 84.9 Å². The van der Waals surface area contributed by atoms with Crippen LogP contribution in [0.3, 0.4) is 0 Å². The highest BCUT2D eigenvalue weighted by molar-refractivity contribution is 9.10. The summed E-state index contributed by atoms with van der Waals surface area (Å²) in [6.45, 7) is 8.30. The first kappa shape index (κ1) is 28.8. The smallest absolute Gasteiger partial charge is 0.335 e. The summed E-state index contributed by atoms with van der Waals surface area (Å²) in [5.74, 6) is -0.446. The van der Waals surface area contributed by atoms with Gasteiger partial charge in [0.25, 0.3) is 11.8 Å². The largest absolute Gasteiger partial charge is 0.490 e. The molecule has 1 fully saturated rings. The van der Waals surface area contributed by atoms with Crippen LogP contribution >= 0.6 is 15.9 Å². The number of urea groups is 1. The molecule has 1 heterocycles. The number of fused-ring (bicyclic) bond motifs is 1. The Morgan fingerprint density at radius 1 is 0.952 bits per heavy atom. The lowest BCUT2D eigenvalue weighted by atomic mass is 10.0. The molecule has 0 saturated carbocycles. The zero-order valence-electron chi connectivity index (χ0n) is 23.3. The standard InChI is InChI=1S/C34H29BrN2O5/c1-4-8-26-17-23(18-28-32(38)36-34(40)37(33(28)39)27-13-14-29(35)21(3)15-27)19-30(41-5-2)31(26)42-20-22-11-12-24-9-6-7-10-25(24)16-22/h4,6-7,9-19H,1,5,8,20H2,2-3H3,(H,36,38,40)/b28-18+. The Hall–Kier alpha value is -4.69. The Morgan fingerprint density at radius 3 is 2.48 bits per heavy atom. The lowest BCUT2D eigenvalue weighted by Gasteiger charge is -2.27. The van der Waals surface area contributed by atoms with Crippen LogP contribution in [0.4, 0.5) is 10.5 Å². The van der Waals surface area contributed by atoms with Crippen molar-refractivity contribution in [2.45, 2.75) is 26.9 Å². The maximum atomic E-state index is 13.5. The summed E-state index contributed by atoms with van der Waals surface area (Å²) < 4.78 is 13.1. The summed E-state index contributed by atoms with van der Waals surface area (Å²) in [6.07, 6.45) is 3.68. The number of allylic oxidation sites excluding steroid dienone is 1. The summed E-state index contributed by atoms with van der Waals surface area (Å²) in [7, 11) is 0. The van der Waals surface area contributed by atoms with Gasteiger partial charge in [-0.1, -0.05) is 58.4 Å². The molecule has 1 saturated heterocycles. The van der Waals surface area contributed by atoms with Crippen LogP contribution < -0.4 is 19.7 Å². The average Bonchev–Trinajstić information content (AvgIpc) is 2.97. The minimum absolute atomic E-state index is 0.174. The third-order valence-electron chi connectivity index (χ3n) is 6.83. The molecule has 0 bridgehead atoms. The summed E-state index contributed by atoms with van der Waals surface area (Å²) >= 11 is 3.43. The second-order valence-corrected chi connectivity index (χ2v) is 10.6. The first-order valence-electron chi connectivity index (χ1n) is 13.5. The van der Waals surface area contributed by atoms with Gasteiger partial charge < -0.3 is 9.47 Å². The highest BCUT2D eigenvalue weighted by Crippen LogP contribution is 2.36. The molecule has 0 spiro atoms. The molecule has 4 aromatic rings. The second kappa shape index (κ2) is 12.4. The van der Waals surface area contributed by atoms with E-state index in [2.05, 4.69) is 52.1 Å². The van der Waals surface area contributed by atoms with Gasteiger partial charge in [-0.15, -0.1) is 6.58 Å². The molecule has 0 atom stereocenters. The number of carbonyl (C=O) groups excluding carboxylic acids is 3. The van der Waals surface area contributed by atoms with E-state index >= 15 is 0 Å². The number of aryl methyl sites for hydroxylation is 1. The van der Waals surface area contributed by atoms with Gasteiger partial charge in [-0.3, -0.25) is 14.9 Å². The zero-order valence-corrected chi connectivity index (χ0v) is 24.9. The molecule has 8 heteroatoms. The fraction of sp³-hybridized carbons (Fsp3) is 0.147. The highest BCUT2D eigenvalue weighted by Gasteiger charge is 2.37. The van der Waals surface area contributed by atoms with Gasteiger partial charge in [-0.2, -0.15) is 0 Å². The van der Waals surface area contributed by atoms with Gasteiger partial charge in [0.05, 0.1) is 12.3 Å². The number of amides is 4. The van der Waals surface area contributed by atoms with E-state index in [0.29, 0.717) is 42.4 Å². The van der Waals surface area contributed by atoms with Gasteiger partial charge in [0.15, 0.2) is 11.5 Å². The van der Waals surface area contributed by atoms with Crippen molar-refractivity contribution in [3.05, 3.63) is 118 Å². The fourth-order valence-corrected chi connectivity index (χ4v) is 5.06. The quantitative estimate of drug-likeness (QED) is 0.120. The van der Waals surface area contributed by atoms with Crippen LogP contribution in [0.25, 0.3) is 16.8 Å². The average molecular weight is 626 g/mol. The summed E-state index contributed by atoms with van der Waals surface area (Å²) in [4.78, 5) is 40.0. The predicted molar refractivity (Wildman–Crippen MR) is 168 cm³/mol. The molecule has 42 heavy (non-hydrogen) atoms. The predicted octanol–water partition coefficient (Wildman–Crippen LogP) is 7.28. The van der Waals surface area contributed by atoms with Crippen LogP contribution in [0, 0.1) is 6.92 Å². The van der Waals surface area contributed by atoms with E-state index in [9.17, 15) is 14.4 Å². The number of halogens is 1. The number of anilines is 1. The maximum absolute atomic E-state index is 13.5. The van der Waals surface area contributed by atoms with Crippen molar-refractivity contribution < 1.29 is 23.9 Å². The van der Waals surface area contributed by atoms with Crippen molar-refractivity contribution in [2.24, 2.45) is 0 Å². The summed E-state index contributed by atoms with van der Waals surface area (Å²) in [5, 5.41) is 4.55. The molecular formula is C34H29BrN2O5. The Bertz CT molecular complexity index is 1760. The summed E-state index contributed by atoms with van der Waals surface area (Å²) in [6, 6.07) is 22.2. The normalized spacial score (nSPS) is 14.3. The van der Waals surface area contributed by atoms with Gasteiger partial charge in [-0.05, 0) is 90.2 Å². The molecule has 0 aromatic heterocycles. The number of ether oxygens (including phenoxy) is 2.